The van der Waals surface area contributed by atoms with Gasteiger partial charge in [0.1, 0.15) is 5.60 Å². The van der Waals surface area contributed by atoms with E-state index in [4.69, 9.17) is 0 Å². The summed E-state index contributed by atoms with van der Waals surface area (Å²) < 4.78 is 0. The number of aryl methyl sites for hydroxylation is 1. The van der Waals surface area contributed by atoms with Gasteiger partial charge in [-0.3, -0.25) is 14.4 Å². The molecule has 0 saturated heterocycles. The van der Waals surface area contributed by atoms with Crippen LogP contribution in [0, 0.1) is 12.8 Å². The Hall–Kier alpha value is -2.07. The van der Waals surface area contributed by atoms with E-state index >= 15 is 0 Å². The van der Waals surface area contributed by atoms with Gasteiger partial charge in [-0.1, -0.05) is 26.0 Å². The van der Waals surface area contributed by atoms with Gasteiger partial charge in [0.15, 0.2) is 5.78 Å². The van der Waals surface area contributed by atoms with Crippen molar-refractivity contribution in [1.29, 1.82) is 0 Å². The molecule has 0 radical (unpaired) electrons. The number of carbonyl (C=O) groups is 3. The summed E-state index contributed by atoms with van der Waals surface area (Å²) >= 11 is 0. The molecule has 4 heteroatoms. The average molecular weight is 328 g/mol. The number of aliphatic hydroxyl groups is 1. The lowest BCUT2D eigenvalue weighted by Crippen LogP contribution is -2.31. The molecule has 0 saturated carbocycles. The zero-order valence-corrected chi connectivity index (χ0v) is 14.9. The van der Waals surface area contributed by atoms with Crippen LogP contribution in [0.1, 0.15) is 61.2 Å². The highest BCUT2D eigenvalue weighted by molar-refractivity contribution is 6.52. The molecular formula is C20H24O4. The summed E-state index contributed by atoms with van der Waals surface area (Å²) in [7, 11) is 0. The minimum absolute atomic E-state index is 0.0175. The Morgan fingerprint density at radius 3 is 2.33 bits per heavy atom. The highest BCUT2D eigenvalue weighted by Crippen LogP contribution is 2.31. The molecule has 128 valence electrons. The number of Topliss-reactive ketones (excluding diaryl/α,β-unsaturated/α-hetero) is 3. The minimum Gasteiger partial charge on any atom is -0.383 e. The van der Waals surface area contributed by atoms with Crippen molar-refractivity contribution in [3.05, 3.63) is 40.0 Å². The molecule has 1 aliphatic rings. The Balaban J connectivity index is 2.46. The third-order valence-electron chi connectivity index (χ3n) is 4.49. The fourth-order valence-corrected chi connectivity index (χ4v) is 2.93. The van der Waals surface area contributed by atoms with Crippen LogP contribution in [0.15, 0.2) is 17.7 Å². The molecule has 0 bridgehead atoms. The van der Waals surface area contributed by atoms with Gasteiger partial charge in [-0.2, -0.15) is 0 Å². The molecule has 0 heterocycles. The van der Waals surface area contributed by atoms with Crippen molar-refractivity contribution in [2.75, 3.05) is 0 Å². The van der Waals surface area contributed by atoms with Gasteiger partial charge in [0.25, 0.3) is 0 Å². The molecule has 1 aromatic carbocycles. The summed E-state index contributed by atoms with van der Waals surface area (Å²) in [4.78, 5) is 37.0. The zero-order valence-electron chi connectivity index (χ0n) is 14.9. The highest BCUT2D eigenvalue weighted by atomic mass is 16.3. The molecule has 1 aromatic rings. The van der Waals surface area contributed by atoms with E-state index in [1.54, 1.807) is 6.08 Å². The first-order valence-corrected chi connectivity index (χ1v) is 8.22. The Kier molecular flexibility index (Phi) is 4.90. The van der Waals surface area contributed by atoms with Gasteiger partial charge in [-0.15, -0.1) is 0 Å². The number of allylic oxidation sites excluding steroid dienone is 1. The lowest BCUT2D eigenvalue weighted by Gasteiger charge is -2.22. The molecule has 0 aliphatic heterocycles. The van der Waals surface area contributed by atoms with Crippen LogP contribution in [-0.4, -0.2) is 28.1 Å². The highest BCUT2D eigenvalue weighted by Gasteiger charge is 2.32. The van der Waals surface area contributed by atoms with Crippen LogP contribution in [-0.2, 0) is 16.0 Å². The molecule has 2 rings (SSSR count). The summed E-state index contributed by atoms with van der Waals surface area (Å²) in [5.41, 5.74) is 1.87. The van der Waals surface area contributed by atoms with Gasteiger partial charge in [-0.25, -0.2) is 0 Å². The number of rotatable bonds is 5. The van der Waals surface area contributed by atoms with E-state index < -0.39 is 17.2 Å². The Labute approximate surface area is 142 Å². The Morgan fingerprint density at radius 1 is 1.17 bits per heavy atom. The van der Waals surface area contributed by atoms with E-state index in [1.807, 2.05) is 32.9 Å². The molecule has 1 aliphatic carbocycles. The Morgan fingerprint density at radius 2 is 1.79 bits per heavy atom. The quantitative estimate of drug-likeness (QED) is 0.843. The number of hydrogen-bond donors (Lipinski definition) is 1. The molecule has 0 fully saturated rings. The van der Waals surface area contributed by atoms with E-state index in [-0.39, 0.29) is 18.1 Å². The summed E-state index contributed by atoms with van der Waals surface area (Å²) in [6.07, 6.45) is 2.25. The van der Waals surface area contributed by atoms with Crippen LogP contribution in [0.4, 0.5) is 0 Å². The van der Waals surface area contributed by atoms with Crippen molar-refractivity contribution >= 4 is 23.4 Å². The first-order valence-electron chi connectivity index (χ1n) is 8.22. The van der Waals surface area contributed by atoms with Crippen LogP contribution in [0.2, 0.25) is 0 Å². The molecule has 0 amide bonds. The maximum atomic E-state index is 12.6. The number of fused-ring (bicyclic) bond motifs is 1. The lowest BCUT2D eigenvalue weighted by atomic mass is 9.80. The molecule has 0 unspecified atom stereocenters. The van der Waals surface area contributed by atoms with Gasteiger partial charge in [0.05, 0.1) is 0 Å². The van der Waals surface area contributed by atoms with Gasteiger partial charge in [0, 0.05) is 17.6 Å². The summed E-state index contributed by atoms with van der Waals surface area (Å²) in [6, 6.07) is 3.75. The number of carbonyl (C=O) groups excluding carboxylic acids is 3. The first-order chi connectivity index (χ1) is 11.0. The van der Waals surface area contributed by atoms with Crippen LogP contribution < -0.4 is 0 Å². The standard InChI is InChI=1S/C20H24O4/c1-11(2)15-10-13-7-6-12(3)14(17(13)19(23)18(15)22)8-9-16(21)20(4,5)24/h6-7,10-11,24H,8-9H2,1-5H3. The summed E-state index contributed by atoms with van der Waals surface area (Å²) in [6.45, 7) is 8.55. The SMILES string of the molecule is Cc1ccc2c(c1CCC(=O)C(C)(C)O)C(=O)C(=O)C(C(C)C)=C2. The minimum atomic E-state index is -1.40. The summed E-state index contributed by atoms with van der Waals surface area (Å²) in [5, 5.41) is 9.78. The third-order valence-corrected chi connectivity index (χ3v) is 4.49. The van der Waals surface area contributed by atoms with E-state index in [0.717, 1.165) is 16.7 Å². The van der Waals surface area contributed by atoms with Gasteiger partial charge < -0.3 is 5.11 Å². The van der Waals surface area contributed by atoms with E-state index in [1.165, 1.54) is 13.8 Å². The average Bonchev–Trinajstić information content (AvgIpc) is 2.48. The van der Waals surface area contributed by atoms with Gasteiger partial charge >= 0.3 is 0 Å². The number of ketones is 3. The van der Waals surface area contributed by atoms with Crippen molar-refractivity contribution in [3.63, 3.8) is 0 Å². The predicted molar refractivity (Wildman–Crippen MR) is 93.0 cm³/mol. The van der Waals surface area contributed by atoms with Gasteiger partial charge in [0.2, 0.25) is 11.6 Å². The largest absolute Gasteiger partial charge is 0.383 e. The summed E-state index contributed by atoms with van der Waals surface area (Å²) in [5.74, 6) is -1.26. The Bertz CT molecular complexity index is 746. The normalized spacial score (nSPS) is 14.7. The van der Waals surface area contributed by atoms with Crippen LogP contribution in [0.3, 0.4) is 0 Å². The predicted octanol–water partition coefficient (Wildman–Crippen LogP) is 3.07. The van der Waals surface area contributed by atoms with Crippen LogP contribution >= 0.6 is 0 Å². The molecular weight excluding hydrogens is 304 g/mol. The third kappa shape index (κ3) is 3.39. The van der Waals surface area contributed by atoms with E-state index in [0.29, 0.717) is 17.6 Å². The maximum absolute atomic E-state index is 12.6. The van der Waals surface area contributed by atoms with Crippen molar-refractivity contribution in [3.8, 4) is 0 Å². The molecule has 4 nitrogen and oxygen atoms in total. The maximum Gasteiger partial charge on any atom is 0.234 e. The molecule has 0 spiro atoms. The van der Waals surface area contributed by atoms with Crippen molar-refractivity contribution in [2.45, 2.75) is 53.1 Å². The smallest absolute Gasteiger partial charge is 0.234 e. The number of benzene rings is 1. The second-order valence-electron chi connectivity index (χ2n) is 7.22. The first kappa shape index (κ1) is 18.3. The molecule has 1 N–H and O–H groups in total. The van der Waals surface area contributed by atoms with Crippen molar-refractivity contribution in [2.24, 2.45) is 5.92 Å². The topological polar surface area (TPSA) is 71.4 Å². The fraction of sp³-hybridized carbons (Fsp3) is 0.450. The second-order valence-corrected chi connectivity index (χ2v) is 7.22. The van der Waals surface area contributed by atoms with Crippen LogP contribution in [0.25, 0.3) is 6.08 Å². The van der Waals surface area contributed by atoms with Gasteiger partial charge in [-0.05, 0) is 55.9 Å². The molecule has 0 aromatic heterocycles. The van der Waals surface area contributed by atoms with E-state index in [9.17, 15) is 19.5 Å². The zero-order chi connectivity index (χ0) is 18.2. The molecule has 0 atom stereocenters. The van der Waals surface area contributed by atoms with Crippen molar-refractivity contribution in [1.82, 2.24) is 0 Å². The van der Waals surface area contributed by atoms with E-state index in [2.05, 4.69) is 0 Å². The van der Waals surface area contributed by atoms with Crippen LogP contribution in [0.5, 0.6) is 0 Å². The lowest BCUT2D eigenvalue weighted by molar-refractivity contribution is -0.134. The second kappa shape index (κ2) is 6.44. The molecule has 24 heavy (non-hydrogen) atoms. The fourth-order valence-electron chi connectivity index (χ4n) is 2.93. The number of hydrogen-bond acceptors (Lipinski definition) is 4. The monoisotopic (exact) mass is 328 g/mol. The van der Waals surface area contributed by atoms with Crippen molar-refractivity contribution < 1.29 is 19.5 Å².